The predicted octanol–water partition coefficient (Wildman–Crippen LogP) is 3.45. The van der Waals surface area contributed by atoms with Gasteiger partial charge in [0.05, 0.1) is 6.54 Å². The van der Waals surface area contributed by atoms with Crippen molar-refractivity contribution in [1.29, 1.82) is 0 Å². The molecule has 1 aromatic carbocycles. The van der Waals surface area contributed by atoms with Crippen LogP contribution in [0.5, 0.6) is 0 Å². The summed E-state index contributed by atoms with van der Waals surface area (Å²) in [5.41, 5.74) is 5.92. The van der Waals surface area contributed by atoms with Crippen LogP contribution in [0.25, 0.3) is 0 Å². The molecule has 0 unspecified atom stereocenters. The average molecular weight is 468 g/mol. The average Bonchev–Trinajstić information content (AvgIpc) is 3.04. The maximum absolute atomic E-state index is 13.8. The van der Waals surface area contributed by atoms with Gasteiger partial charge in [-0.1, -0.05) is 32.8 Å². The number of hydrogen-bond acceptors (Lipinski definition) is 7. The number of benzene rings is 1. The van der Waals surface area contributed by atoms with Gasteiger partial charge >= 0.3 is 10.2 Å². The Kier molecular flexibility index (Phi) is 6.04. The lowest BCUT2D eigenvalue weighted by Gasteiger charge is -2.25. The van der Waals surface area contributed by atoms with Crippen LogP contribution in [0.2, 0.25) is 0 Å². The number of nitrogens with two attached hydrogens (primary N) is 1. The van der Waals surface area contributed by atoms with Crippen LogP contribution in [0.15, 0.2) is 23.1 Å². The summed E-state index contributed by atoms with van der Waals surface area (Å²) in [5.74, 6) is 0.100. The van der Waals surface area contributed by atoms with Crippen molar-refractivity contribution in [2.45, 2.75) is 50.0 Å². The van der Waals surface area contributed by atoms with E-state index in [-0.39, 0.29) is 48.0 Å². The molecule has 1 fully saturated rings. The Morgan fingerprint density at radius 2 is 2.00 bits per heavy atom. The van der Waals surface area contributed by atoms with Crippen LogP contribution in [-0.2, 0) is 22.2 Å². The zero-order valence-electron chi connectivity index (χ0n) is 17.9. The summed E-state index contributed by atoms with van der Waals surface area (Å²) in [4.78, 5) is 9.67. The molecule has 3 N–H and O–H groups in total. The van der Waals surface area contributed by atoms with Crippen molar-refractivity contribution in [2.24, 2.45) is 0 Å². The number of nitrogen functional groups attached to an aromatic ring is 1. The highest BCUT2D eigenvalue weighted by Crippen LogP contribution is 2.37. The Labute approximate surface area is 185 Å². The highest BCUT2D eigenvalue weighted by atomic mass is 32.3. The van der Waals surface area contributed by atoms with Gasteiger partial charge < -0.3 is 16.0 Å². The summed E-state index contributed by atoms with van der Waals surface area (Å²) in [5, 5.41) is 2.90. The molecule has 0 saturated carbocycles. The third-order valence-corrected chi connectivity index (χ3v) is 5.96. The second-order valence-electron chi connectivity index (χ2n) is 8.63. The number of rotatable bonds is 5. The highest BCUT2D eigenvalue weighted by molar-refractivity contribution is 7.86. The van der Waals surface area contributed by atoms with Crippen molar-refractivity contribution in [3.05, 3.63) is 35.2 Å². The second-order valence-corrected chi connectivity index (χ2v) is 9.94. The van der Waals surface area contributed by atoms with Gasteiger partial charge in [-0.25, -0.2) is 18.7 Å². The van der Waals surface area contributed by atoms with Gasteiger partial charge in [-0.2, -0.15) is 8.42 Å². The van der Waals surface area contributed by atoms with Crippen LogP contribution in [-0.4, -0.2) is 37.4 Å². The van der Waals surface area contributed by atoms with Crippen molar-refractivity contribution < 1.29 is 21.1 Å². The van der Waals surface area contributed by atoms with Gasteiger partial charge in [0.15, 0.2) is 11.6 Å². The van der Waals surface area contributed by atoms with E-state index in [1.54, 1.807) is 0 Å². The van der Waals surface area contributed by atoms with Crippen molar-refractivity contribution in [3.63, 3.8) is 0 Å². The molecule has 0 radical (unpaired) electrons. The Morgan fingerprint density at radius 3 is 2.53 bits per heavy atom. The second kappa shape index (κ2) is 8.16. The number of nitrogens with one attached hydrogen (secondary N) is 1. The normalized spacial score (nSPS) is 16.1. The van der Waals surface area contributed by atoms with E-state index in [9.17, 15) is 21.1 Å². The summed E-state index contributed by atoms with van der Waals surface area (Å²) < 4.78 is 64.6. The quantitative estimate of drug-likeness (QED) is 0.513. The Bertz CT molecular complexity index is 1190. The maximum atomic E-state index is 13.8. The monoisotopic (exact) mass is 467 g/mol. The van der Waals surface area contributed by atoms with Gasteiger partial charge in [-0.15, -0.1) is 10.3 Å². The minimum Gasteiger partial charge on any atom is -0.393 e. The number of terminal acetylenes is 1. The van der Waals surface area contributed by atoms with Gasteiger partial charge in [0, 0.05) is 36.1 Å². The lowest BCUT2D eigenvalue weighted by atomic mass is 9.95. The summed E-state index contributed by atoms with van der Waals surface area (Å²) in [6, 6.07) is 3.93. The largest absolute Gasteiger partial charge is 0.393 e. The number of halogens is 3. The Morgan fingerprint density at radius 1 is 1.31 bits per heavy atom. The van der Waals surface area contributed by atoms with Crippen LogP contribution in [0.1, 0.15) is 44.1 Å². The third kappa shape index (κ3) is 4.91. The molecule has 2 heterocycles. The zero-order valence-corrected chi connectivity index (χ0v) is 18.7. The first-order chi connectivity index (χ1) is 14.7. The minimum atomic E-state index is -5.04. The topological polar surface area (TPSA) is 101 Å². The number of nitrogens with zero attached hydrogens (tertiary/aromatic N) is 3. The molecule has 0 spiro atoms. The molecule has 32 heavy (non-hydrogen) atoms. The molecule has 0 amide bonds. The van der Waals surface area contributed by atoms with Gasteiger partial charge in [0.25, 0.3) is 5.92 Å². The Hall–Kier alpha value is -3.00. The van der Waals surface area contributed by atoms with E-state index in [4.69, 9.17) is 12.2 Å². The molecular weight excluding hydrogens is 443 g/mol. The molecule has 1 saturated heterocycles. The number of hydrogen-bond donors (Lipinski definition) is 2. The van der Waals surface area contributed by atoms with E-state index in [1.165, 1.54) is 17.0 Å². The van der Waals surface area contributed by atoms with E-state index >= 15 is 0 Å². The third-order valence-electron chi connectivity index (χ3n) is 5.05. The lowest BCUT2D eigenvalue weighted by molar-refractivity contribution is 0.0257. The molecule has 172 valence electrons. The fraction of sp³-hybridized carbons (Fsp3) is 0.429. The fourth-order valence-electron chi connectivity index (χ4n) is 3.37. The van der Waals surface area contributed by atoms with Crippen LogP contribution in [0, 0.1) is 12.3 Å². The predicted molar refractivity (Wildman–Crippen MR) is 117 cm³/mol. The van der Waals surface area contributed by atoms with Gasteiger partial charge in [-0.05, 0) is 12.1 Å². The van der Waals surface area contributed by atoms with E-state index in [0.717, 1.165) is 6.07 Å². The summed E-state index contributed by atoms with van der Waals surface area (Å²) in [6.45, 7) is 4.90. The first kappa shape index (κ1) is 23.7. The standard InChI is InChI=1S/C21H24F3N5O2S/c1-5-13-7-6-8-15(32(24,30)31)14(13)11-26-17-16(25)18(28-19(27-17)20(2,3)4)29-10-9-21(22,23)12-29/h1,6-8H,9-12,25H2,2-4H3,(H,26,27,28). The zero-order chi connectivity index (χ0) is 23.9. The molecule has 11 heteroatoms. The van der Waals surface area contributed by atoms with Crippen LogP contribution >= 0.6 is 0 Å². The molecule has 0 bridgehead atoms. The molecular formula is C21H24F3N5O2S. The molecule has 0 atom stereocenters. The molecule has 7 nitrogen and oxygen atoms in total. The van der Waals surface area contributed by atoms with Crippen LogP contribution < -0.4 is 16.0 Å². The molecule has 1 aliphatic rings. The highest BCUT2D eigenvalue weighted by Gasteiger charge is 2.40. The van der Waals surface area contributed by atoms with Gasteiger partial charge in [0.1, 0.15) is 16.4 Å². The summed E-state index contributed by atoms with van der Waals surface area (Å²) in [7, 11) is -5.04. The molecule has 3 rings (SSSR count). The Balaban J connectivity index is 2.05. The van der Waals surface area contributed by atoms with Crippen molar-refractivity contribution in [3.8, 4) is 12.3 Å². The van der Waals surface area contributed by atoms with Gasteiger partial charge in [-0.3, -0.25) is 0 Å². The minimum absolute atomic E-state index is 0.0264. The lowest BCUT2D eigenvalue weighted by Crippen LogP contribution is -2.29. The number of alkyl halides is 2. The van der Waals surface area contributed by atoms with Gasteiger partial charge in [0.2, 0.25) is 0 Å². The molecule has 2 aromatic rings. The van der Waals surface area contributed by atoms with E-state index in [2.05, 4.69) is 21.2 Å². The molecule has 1 aliphatic heterocycles. The van der Waals surface area contributed by atoms with E-state index in [1.807, 2.05) is 20.8 Å². The van der Waals surface area contributed by atoms with Crippen molar-refractivity contribution >= 4 is 27.5 Å². The fourth-order valence-corrected chi connectivity index (χ4v) is 4.09. The molecule has 1 aromatic heterocycles. The van der Waals surface area contributed by atoms with E-state index in [0.29, 0.717) is 5.82 Å². The number of aromatic nitrogens is 2. The van der Waals surface area contributed by atoms with Crippen molar-refractivity contribution in [2.75, 3.05) is 29.0 Å². The molecule has 0 aliphatic carbocycles. The van der Waals surface area contributed by atoms with Crippen LogP contribution in [0.3, 0.4) is 0 Å². The smallest absolute Gasteiger partial charge is 0.332 e. The maximum Gasteiger partial charge on any atom is 0.332 e. The van der Waals surface area contributed by atoms with Crippen molar-refractivity contribution in [1.82, 2.24) is 9.97 Å². The van der Waals surface area contributed by atoms with Crippen LogP contribution in [0.4, 0.5) is 30.0 Å². The first-order valence-corrected chi connectivity index (χ1v) is 11.2. The SMILES string of the molecule is C#Cc1cccc(S(=O)(=O)F)c1CNc1nc(C(C)(C)C)nc(N2CCC(F)(F)C2)c1N. The van der Waals surface area contributed by atoms with E-state index < -0.39 is 33.0 Å². The summed E-state index contributed by atoms with van der Waals surface area (Å²) >= 11 is 0. The number of anilines is 3. The first-order valence-electron chi connectivity index (χ1n) is 9.81. The summed E-state index contributed by atoms with van der Waals surface area (Å²) in [6.07, 6.45) is 5.13.